The quantitative estimate of drug-likeness (QED) is 0.906. The minimum Gasteiger partial charge on any atom is -0.317 e. The van der Waals surface area contributed by atoms with E-state index in [1.807, 2.05) is 18.7 Å². The first-order valence-corrected chi connectivity index (χ1v) is 7.26. The molecule has 0 radical (unpaired) electrons. The van der Waals surface area contributed by atoms with E-state index in [1.54, 1.807) is 0 Å². The number of hydrogen-bond acceptors (Lipinski definition) is 2. The normalized spacial score (nSPS) is 18.1. The summed E-state index contributed by atoms with van der Waals surface area (Å²) in [5.74, 6) is 0.945. The van der Waals surface area contributed by atoms with Gasteiger partial charge in [-0.15, -0.1) is 0 Å². The lowest BCUT2D eigenvalue weighted by atomic mass is 9.80. The van der Waals surface area contributed by atoms with E-state index in [0.29, 0.717) is 6.04 Å². The molecule has 1 aliphatic rings. The van der Waals surface area contributed by atoms with Gasteiger partial charge in [-0.2, -0.15) is 5.10 Å². The molecule has 0 aliphatic heterocycles. The molecule has 2 rings (SSSR count). The second-order valence-corrected chi connectivity index (χ2v) is 5.99. The SMILES string of the molecule is CNC(Cc1c(Br)c(C)nn1C)CC1CCC1. The molecule has 0 bridgehead atoms. The highest BCUT2D eigenvalue weighted by atomic mass is 79.9. The highest BCUT2D eigenvalue weighted by Crippen LogP contribution is 2.31. The van der Waals surface area contributed by atoms with Crippen LogP contribution in [0.25, 0.3) is 0 Å². The van der Waals surface area contributed by atoms with Gasteiger partial charge < -0.3 is 5.32 Å². The summed E-state index contributed by atoms with van der Waals surface area (Å²) < 4.78 is 3.18. The Morgan fingerprint density at radius 2 is 2.24 bits per heavy atom. The molecule has 1 fully saturated rings. The maximum absolute atomic E-state index is 4.45. The van der Waals surface area contributed by atoms with E-state index in [0.717, 1.165) is 18.0 Å². The lowest BCUT2D eigenvalue weighted by molar-refractivity contribution is 0.262. The van der Waals surface area contributed by atoms with Crippen molar-refractivity contribution in [1.29, 1.82) is 0 Å². The van der Waals surface area contributed by atoms with Crippen LogP contribution in [0, 0.1) is 12.8 Å². The van der Waals surface area contributed by atoms with Gasteiger partial charge in [-0.1, -0.05) is 19.3 Å². The largest absolute Gasteiger partial charge is 0.317 e. The van der Waals surface area contributed by atoms with Gasteiger partial charge in [0.1, 0.15) is 0 Å². The number of aromatic nitrogens is 2. The van der Waals surface area contributed by atoms with Gasteiger partial charge in [0.15, 0.2) is 0 Å². The molecule has 1 heterocycles. The highest BCUT2D eigenvalue weighted by Gasteiger charge is 2.23. The molecule has 1 aromatic rings. The van der Waals surface area contributed by atoms with Gasteiger partial charge in [0, 0.05) is 19.5 Å². The van der Waals surface area contributed by atoms with Crippen molar-refractivity contribution in [3.05, 3.63) is 15.9 Å². The van der Waals surface area contributed by atoms with Gasteiger partial charge >= 0.3 is 0 Å². The third-order valence-electron chi connectivity index (χ3n) is 3.95. The summed E-state index contributed by atoms with van der Waals surface area (Å²) in [5.41, 5.74) is 2.39. The fourth-order valence-electron chi connectivity index (χ4n) is 2.57. The third kappa shape index (κ3) is 2.91. The Balaban J connectivity index is 2.01. The molecular weight excluding hydrogens is 278 g/mol. The zero-order valence-corrected chi connectivity index (χ0v) is 12.5. The first-order valence-electron chi connectivity index (χ1n) is 6.47. The fourth-order valence-corrected chi connectivity index (χ4v) is 3.07. The molecule has 96 valence electrons. The predicted octanol–water partition coefficient (Wildman–Crippen LogP) is 2.81. The van der Waals surface area contributed by atoms with Crippen molar-refractivity contribution < 1.29 is 0 Å². The number of halogens is 1. The van der Waals surface area contributed by atoms with Gasteiger partial charge in [0.25, 0.3) is 0 Å². The summed E-state index contributed by atoms with van der Waals surface area (Å²) in [6.45, 7) is 2.05. The number of aryl methyl sites for hydroxylation is 2. The average molecular weight is 300 g/mol. The topological polar surface area (TPSA) is 29.9 Å². The molecule has 1 atom stereocenters. The molecule has 4 heteroatoms. The Morgan fingerprint density at radius 3 is 2.65 bits per heavy atom. The van der Waals surface area contributed by atoms with Crippen LogP contribution in [-0.4, -0.2) is 22.9 Å². The van der Waals surface area contributed by atoms with Crippen molar-refractivity contribution in [2.75, 3.05) is 7.05 Å². The standard InChI is InChI=1S/C13H22BrN3/c1-9-13(14)12(17(3)16-9)8-11(15-2)7-10-5-4-6-10/h10-11,15H,4-8H2,1-3H3. The van der Waals surface area contributed by atoms with Crippen LogP contribution in [0.5, 0.6) is 0 Å². The maximum atomic E-state index is 4.45. The maximum Gasteiger partial charge on any atom is 0.0738 e. The summed E-state index contributed by atoms with van der Waals surface area (Å²) in [6, 6.07) is 0.575. The Hall–Kier alpha value is -0.350. The van der Waals surface area contributed by atoms with Crippen LogP contribution in [-0.2, 0) is 13.5 Å². The van der Waals surface area contributed by atoms with Crippen molar-refractivity contribution in [3.63, 3.8) is 0 Å². The molecular formula is C13H22BrN3. The smallest absolute Gasteiger partial charge is 0.0738 e. The average Bonchev–Trinajstić information content (AvgIpc) is 2.47. The van der Waals surface area contributed by atoms with Crippen molar-refractivity contribution in [2.45, 2.75) is 45.1 Å². The fraction of sp³-hybridized carbons (Fsp3) is 0.769. The molecule has 3 nitrogen and oxygen atoms in total. The Kier molecular flexibility index (Phi) is 4.26. The van der Waals surface area contributed by atoms with Crippen LogP contribution in [0.1, 0.15) is 37.1 Å². The Morgan fingerprint density at radius 1 is 1.53 bits per heavy atom. The Bertz CT molecular complexity index is 382. The van der Waals surface area contributed by atoms with E-state index < -0.39 is 0 Å². The minimum atomic E-state index is 0.575. The molecule has 1 aromatic heterocycles. The van der Waals surface area contributed by atoms with E-state index in [-0.39, 0.29) is 0 Å². The van der Waals surface area contributed by atoms with Crippen molar-refractivity contribution in [1.82, 2.24) is 15.1 Å². The number of rotatable bonds is 5. The van der Waals surface area contributed by atoms with Gasteiger partial charge in [0.2, 0.25) is 0 Å². The minimum absolute atomic E-state index is 0.575. The summed E-state index contributed by atoms with van der Waals surface area (Å²) in [5, 5.41) is 7.90. The predicted molar refractivity (Wildman–Crippen MR) is 74.2 cm³/mol. The lowest BCUT2D eigenvalue weighted by Crippen LogP contribution is -2.32. The van der Waals surface area contributed by atoms with Crippen LogP contribution in [0.4, 0.5) is 0 Å². The summed E-state index contributed by atoms with van der Waals surface area (Å²) in [4.78, 5) is 0. The molecule has 0 aromatic carbocycles. The van der Waals surface area contributed by atoms with Crippen LogP contribution in [0.2, 0.25) is 0 Å². The highest BCUT2D eigenvalue weighted by molar-refractivity contribution is 9.10. The first kappa shape index (κ1) is 13.1. The molecule has 1 N–H and O–H groups in total. The third-order valence-corrected chi connectivity index (χ3v) is 4.98. The second kappa shape index (κ2) is 5.53. The number of nitrogens with one attached hydrogen (secondary N) is 1. The van der Waals surface area contributed by atoms with Gasteiger partial charge in [-0.05, 0) is 42.2 Å². The summed E-state index contributed by atoms with van der Waals surface area (Å²) in [6.07, 6.45) is 6.63. The second-order valence-electron chi connectivity index (χ2n) is 5.19. The number of likely N-dealkylation sites (N-methyl/N-ethyl adjacent to an activating group) is 1. The molecule has 1 saturated carbocycles. The van der Waals surface area contributed by atoms with E-state index >= 15 is 0 Å². The van der Waals surface area contributed by atoms with Crippen LogP contribution in [0.3, 0.4) is 0 Å². The first-order chi connectivity index (χ1) is 8.11. The molecule has 0 amide bonds. The Labute approximate surface area is 112 Å². The molecule has 1 unspecified atom stereocenters. The zero-order chi connectivity index (χ0) is 12.4. The zero-order valence-electron chi connectivity index (χ0n) is 11.0. The van der Waals surface area contributed by atoms with E-state index in [4.69, 9.17) is 0 Å². The summed E-state index contributed by atoms with van der Waals surface area (Å²) >= 11 is 3.64. The van der Waals surface area contributed by atoms with Gasteiger partial charge in [-0.3, -0.25) is 4.68 Å². The van der Waals surface area contributed by atoms with E-state index in [1.165, 1.54) is 35.8 Å². The lowest BCUT2D eigenvalue weighted by Gasteiger charge is -2.29. The van der Waals surface area contributed by atoms with E-state index in [9.17, 15) is 0 Å². The molecule has 0 spiro atoms. The molecule has 0 saturated heterocycles. The van der Waals surface area contributed by atoms with Crippen LogP contribution in [0.15, 0.2) is 4.47 Å². The number of hydrogen-bond donors (Lipinski definition) is 1. The van der Waals surface area contributed by atoms with Crippen molar-refractivity contribution in [3.8, 4) is 0 Å². The van der Waals surface area contributed by atoms with Gasteiger partial charge in [0.05, 0.1) is 15.9 Å². The van der Waals surface area contributed by atoms with Gasteiger partial charge in [-0.25, -0.2) is 0 Å². The summed E-state index contributed by atoms with van der Waals surface area (Å²) in [7, 11) is 4.10. The number of nitrogens with zero attached hydrogens (tertiary/aromatic N) is 2. The monoisotopic (exact) mass is 299 g/mol. The molecule has 17 heavy (non-hydrogen) atoms. The van der Waals surface area contributed by atoms with Crippen molar-refractivity contribution in [2.24, 2.45) is 13.0 Å². The molecule has 1 aliphatic carbocycles. The van der Waals surface area contributed by atoms with Crippen LogP contribution >= 0.6 is 15.9 Å². The van der Waals surface area contributed by atoms with E-state index in [2.05, 4.69) is 33.4 Å². The van der Waals surface area contributed by atoms with Crippen LogP contribution < -0.4 is 5.32 Å². The van der Waals surface area contributed by atoms with Crippen molar-refractivity contribution >= 4 is 15.9 Å².